The van der Waals surface area contributed by atoms with Gasteiger partial charge in [-0.3, -0.25) is 14.6 Å². The molecule has 0 aromatic carbocycles. The van der Waals surface area contributed by atoms with Crippen LogP contribution in [0.5, 0.6) is 0 Å². The van der Waals surface area contributed by atoms with Gasteiger partial charge in [-0.05, 0) is 51.7 Å². The third kappa shape index (κ3) is 25.1. The van der Waals surface area contributed by atoms with Crippen molar-refractivity contribution in [2.24, 2.45) is 22.2 Å². The Balaban J connectivity index is -0.00000121. The first kappa shape index (κ1) is 37.3. The number of nitrogens with two attached hydrogens (primary N) is 3. The van der Waals surface area contributed by atoms with E-state index >= 15 is 0 Å². The van der Waals surface area contributed by atoms with Gasteiger partial charge in [0.25, 0.3) is 5.91 Å². The molecule has 0 aliphatic rings. The van der Waals surface area contributed by atoms with E-state index in [4.69, 9.17) is 21.9 Å². The zero-order valence-corrected chi connectivity index (χ0v) is 20.8. The molecule has 0 aliphatic heterocycles. The van der Waals surface area contributed by atoms with Crippen molar-refractivity contribution in [3.63, 3.8) is 0 Å². The summed E-state index contributed by atoms with van der Waals surface area (Å²) in [5.74, 6) is -0.429. The molecular formula is C18H42Cl3N7O3. The van der Waals surface area contributed by atoms with Gasteiger partial charge in [0.05, 0.1) is 0 Å². The third-order valence-electron chi connectivity index (χ3n) is 4.01. The molecule has 0 saturated carbocycles. The number of carbonyl (C=O) groups excluding carboxylic acids is 2. The Morgan fingerprint density at radius 2 is 1.52 bits per heavy atom. The second-order valence-corrected chi connectivity index (χ2v) is 6.54. The quantitative estimate of drug-likeness (QED) is 0.0670. The first-order valence-electron chi connectivity index (χ1n) is 10.1. The molecule has 2 amide bonds. The summed E-state index contributed by atoms with van der Waals surface area (Å²) in [6, 6.07) is 0. The number of unbranched alkanes of at least 4 members (excludes halogenated alkanes) is 4. The van der Waals surface area contributed by atoms with Crippen molar-refractivity contribution in [2.45, 2.75) is 57.6 Å². The normalized spacial score (nSPS) is 10.5. The zero-order chi connectivity index (χ0) is 21.0. The summed E-state index contributed by atoms with van der Waals surface area (Å²) in [5, 5.41) is 8.67. The van der Waals surface area contributed by atoms with Crippen molar-refractivity contribution in [3.8, 4) is 0 Å². The molecule has 0 heterocycles. The number of halogens is 3. The van der Waals surface area contributed by atoms with Gasteiger partial charge in [0.1, 0.15) is 0 Å². The summed E-state index contributed by atoms with van der Waals surface area (Å²) < 4.78 is 5.08. The van der Waals surface area contributed by atoms with Gasteiger partial charge in [-0.1, -0.05) is 12.8 Å². The third-order valence-corrected chi connectivity index (χ3v) is 4.01. The number of nitrogens with one attached hydrogen (secondary N) is 3. The lowest BCUT2D eigenvalue weighted by Crippen LogP contribution is -2.48. The number of nitrogens with zero attached hydrogens (tertiary/aromatic N) is 1. The summed E-state index contributed by atoms with van der Waals surface area (Å²) >= 11 is 0. The number of carbonyl (C=O) groups is 2. The lowest BCUT2D eigenvalue weighted by atomic mass is 10.1. The molecule has 13 heteroatoms. The van der Waals surface area contributed by atoms with Gasteiger partial charge in [0.2, 0.25) is 12.1 Å². The predicted octanol–water partition coefficient (Wildman–Crippen LogP) is 0.399. The van der Waals surface area contributed by atoms with E-state index in [2.05, 4.69) is 20.9 Å². The van der Waals surface area contributed by atoms with E-state index in [1.807, 2.05) is 0 Å². The Morgan fingerprint density at radius 3 is 2.13 bits per heavy atom. The van der Waals surface area contributed by atoms with E-state index in [0.29, 0.717) is 26.1 Å². The standard InChI is InChI=1S/C18H39N7O3.3ClH/c1-28-17(16(27)23-13-7-6-11-22-12-8-10-19)25-15(26)9-4-2-3-5-14-24-18(20)21;;;/h17,22H,2-14,19H2,1H3,(H,23,27)(H,25,26)(H4,20,21,24);3*1H. The largest absolute Gasteiger partial charge is 0.370 e. The summed E-state index contributed by atoms with van der Waals surface area (Å²) in [4.78, 5) is 27.9. The molecule has 0 spiro atoms. The SMILES string of the molecule is COC(NC(=O)CCCCCCN=C(N)N)C(=O)NCCCCNCCCN.Cl.Cl.Cl. The molecule has 0 saturated heterocycles. The lowest BCUT2D eigenvalue weighted by molar-refractivity contribution is -0.139. The molecule has 9 N–H and O–H groups in total. The van der Waals surface area contributed by atoms with E-state index in [1.165, 1.54) is 7.11 Å². The van der Waals surface area contributed by atoms with E-state index < -0.39 is 6.23 Å². The van der Waals surface area contributed by atoms with Crippen molar-refractivity contribution >= 4 is 55.0 Å². The van der Waals surface area contributed by atoms with Gasteiger partial charge in [0.15, 0.2) is 5.96 Å². The van der Waals surface area contributed by atoms with Crippen LogP contribution in [0.2, 0.25) is 0 Å². The number of hydrogen-bond acceptors (Lipinski definition) is 6. The van der Waals surface area contributed by atoms with Crippen LogP contribution >= 0.6 is 37.2 Å². The van der Waals surface area contributed by atoms with Crippen LogP contribution in [0.15, 0.2) is 4.99 Å². The Morgan fingerprint density at radius 1 is 0.903 bits per heavy atom. The molecule has 0 aromatic heterocycles. The van der Waals surface area contributed by atoms with Crippen LogP contribution in [-0.2, 0) is 14.3 Å². The number of guanidine groups is 1. The summed E-state index contributed by atoms with van der Waals surface area (Å²) in [6.45, 7) is 3.64. The van der Waals surface area contributed by atoms with Crippen LogP contribution in [0.1, 0.15) is 51.4 Å². The smallest absolute Gasteiger partial charge is 0.270 e. The highest BCUT2D eigenvalue weighted by atomic mass is 35.5. The molecule has 10 nitrogen and oxygen atoms in total. The number of aliphatic imine (C=N–C) groups is 1. The average molecular weight is 511 g/mol. The van der Waals surface area contributed by atoms with Gasteiger partial charge in [-0.2, -0.15) is 0 Å². The molecular weight excluding hydrogens is 469 g/mol. The van der Waals surface area contributed by atoms with Crippen LogP contribution in [0.3, 0.4) is 0 Å². The van der Waals surface area contributed by atoms with Crippen LogP contribution in [0.25, 0.3) is 0 Å². The van der Waals surface area contributed by atoms with Crippen molar-refractivity contribution in [1.82, 2.24) is 16.0 Å². The monoisotopic (exact) mass is 509 g/mol. The summed E-state index contributed by atoms with van der Waals surface area (Å²) in [7, 11) is 1.40. The van der Waals surface area contributed by atoms with Crippen LogP contribution in [0, 0.1) is 0 Å². The second-order valence-electron chi connectivity index (χ2n) is 6.54. The van der Waals surface area contributed by atoms with Crippen LogP contribution in [-0.4, -0.2) is 63.8 Å². The number of ether oxygens (including phenoxy) is 1. The highest BCUT2D eigenvalue weighted by Gasteiger charge is 2.19. The van der Waals surface area contributed by atoms with Gasteiger partial charge in [0, 0.05) is 26.6 Å². The molecule has 188 valence electrons. The molecule has 0 fully saturated rings. The molecule has 0 aromatic rings. The molecule has 0 rings (SSSR count). The molecule has 0 radical (unpaired) electrons. The Bertz CT molecular complexity index is 457. The fourth-order valence-corrected chi connectivity index (χ4v) is 2.44. The molecule has 1 atom stereocenters. The number of rotatable bonds is 18. The molecule has 0 aliphatic carbocycles. The van der Waals surface area contributed by atoms with Crippen molar-refractivity contribution in [2.75, 3.05) is 39.8 Å². The molecule has 0 bridgehead atoms. The fraction of sp³-hybridized carbons (Fsp3) is 0.833. The predicted molar refractivity (Wildman–Crippen MR) is 133 cm³/mol. The number of amides is 2. The van der Waals surface area contributed by atoms with Crippen LogP contribution in [0.4, 0.5) is 0 Å². The van der Waals surface area contributed by atoms with Gasteiger partial charge in [-0.25, -0.2) is 0 Å². The van der Waals surface area contributed by atoms with Crippen LogP contribution < -0.4 is 33.2 Å². The Hall–Kier alpha value is -1.04. The number of hydrogen-bond donors (Lipinski definition) is 6. The Kier molecular flexibility index (Phi) is 32.5. The van der Waals surface area contributed by atoms with Gasteiger partial charge in [-0.15, -0.1) is 37.2 Å². The maximum atomic E-state index is 12.1. The van der Waals surface area contributed by atoms with Crippen molar-refractivity contribution in [1.29, 1.82) is 0 Å². The van der Waals surface area contributed by atoms with Gasteiger partial charge >= 0.3 is 0 Å². The molecule has 31 heavy (non-hydrogen) atoms. The Labute approximate surface area is 204 Å². The fourth-order valence-electron chi connectivity index (χ4n) is 2.44. The van der Waals surface area contributed by atoms with E-state index in [1.54, 1.807) is 0 Å². The maximum Gasteiger partial charge on any atom is 0.270 e. The minimum atomic E-state index is -0.961. The van der Waals surface area contributed by atoms with Crippen molar-refractivity contribution < 1.29 is 14.3 Å². The van der Waals surface area contributed by atoms with E-state index in [0.717, 1.165) is 58.0 Å². The molecule has 1 unspecified atom stereocenters. The average Bonchev–Trinajstić information content (AvgIpc) is 2.66. The highest BCUT2D eigenvalue weighted by molar-refractivity contribution is 5.86. The van der Waals surface area contributed by atoms with Crippen molar-refractivity contribution in [3.05, 3.63) is 0 Å². The summed E-state index contributed by atoms with van der Waals surface area (Å²) in [5.41, 5.74) is 15.9. The van der Waals surface area contributed by atoms with Gasteiger partial charge < -0.3 is 37.9 Å². The zero-order valence-electron chi connectivity index (χ0n) is 18.4. The maximum absolute atomic E-state index is 12.1. The summed E-state index contributed by atoms with van der Waals surface area (Å²) in [6.07, 6.45) is 5.62. The topological polar surface area (TPSA) is 170 Å². The lowest BCUT2D eigenvalue weighted by Gasteiger charge is -2.17. The van der Waals surface area contributed by atoms with E-state index in [9.17, 15) is 9.59 Å². The number of methoxy groups -OCH3 is 1. The minimum absolute atomic E-state index is 0. The first-order valence-corrected chi connectivity index (χ1v) is 10.1. The van der Waals surface area contributed by atoms with E-state index in [-0.39, 0.29) is 55.0 Å². The minimum Gasteiger partial charge on any atom is -0.370 e. The first-order chi connectivity index (χ1) is 13.5. The highest BCUT2D eigenvalue weighted by Crippen LogP contribution is 2.03. The second kappa shape index (κ2) is 27.0.